The van der Waals surface area contributed by atoms with Crippen LogP contribution in [0.2, 0.25) is 0 Å². The van der Waals surface area contributed by atoms with Gasteiger partial charge in [-0.1, -0.05) is 17.7 Å². The molecule has 1 aliphatic carbocycles. The van der Waals surface area contributed by atoms with Crippen LogP contribution in [-0.2, 0) is 0 Å². The van der Waals surface area contributed by atoms with Crippen LogP contribution in [0.4, 0.5) is 8.78 Å². The van der Waals surface area contributed by atoms with E-state index in [2.05, 4.69) is 0 Å². The van der Waals surface area contributed by atoms with Crippen molar-refractivity contribution in [1.82, 2.24) is 4.90 Å². The predicted molar refractivity (Wildman–Crippen MR) is 55.3 cm³/mol. The maximum atomic E-state index is 12.9. The van der Waals surface area contributed by atoms with E-state index in [0.29, 0.717) is 19.5 Å². The van der Waals surface area contributed by atoms with Gasteiger partial charge in [0, 0.05) is 25.0 Å². The fourth-order valence-electron chi connectivity index (χ4n) is 2.13. The molecule has 1 spiro atoms. The highest BCUT2D eigenvalue weighted by atomic mass is 35.5. The molecular weight excluding hydrogens is 231 g/mol. The first-order valence-electron chi connectivity index (χ1n) is 4.45. The Bertz CT molecular complexity index is 245. The largest absolute Gasteiger partial charge is 0.299 e. The zero-order valence-corrected chi connectivity index (χ0v) is 9.25. The summed E-state index contributed by atoms with van der Waals surface area (Å²) in [4.78, 5) is 2.03. The summed E-state index contributed by atoms with van der Waals surface area (Å²) < 4.78 is 25.8. The summed E-state index contributed by atoms with van der Waals surface area (Å²) in [5.74, 6) is -2.40. The Hall–Kier alpha value is 0.140. The van der Waals surface area contributed by atoms with Gasteiger partial charge in [-0.25, -0.2) is 8.78 Å². The molecule has 2 fully saturated rings. The Balaban J connectivity index is 0.000000980. The van der Waals surface area contributed by atoms with E-state index >= 15 is 0 Å². The second-order valence-corrected chi connectivity index (χ2v) is 4.26. The molecule has 0 radical (unpaired) electrons. The van der Waals surface area contributed by atoms with Crippen molar-refractivity contribution in [2.24, 2.45) is 5.41 Å². The lowest BCUT2D eigenvalue weighted by Crippen LogP contribution is -2.22. The van der Waals surface area contributed by atoms with Gasteiger partial charge in [0.2, 0.25) is 0 Å². The van der Waals surface area contributed by atoms with Gasteiger partial charge in [0.25, 0.3) is 5.92 Å². The van der Waals surface area contributed by atoms with E-state index in [1.165, 1.54) is 5.54 Å². The van der Waals surface area contributed by atoms with E-state index in [1.807, 2.05) is 4.90 Å². The first kappa shape index (κ1) is 12.2. The monoisotopic (exact) mass is 243 g/mol. The van der Waals surface area contributed by atoms with Crippen molar-refractivity contribution in [1.29, 1.82) is 0 Å². The molecule has 0 aromatic rings. The molecule has 0 bridgehead atoms. The van der Waals surface area contributed by atoms with Crippen molar-refractivity contribution in [2.75, 3.05) is 19.6 Å². The van der Waals surface area contributed by atoms with Crippen LogP contribution in [0, 0.1) is 5.41 Å². The van der Waals surface area contributed by atoms with E-state index in [9.17, 15) is 8.78 Å². The van der Waals surface area contributed by atoms with Gasteiger partial charge < -0.3 is 0 Å². The van der Waals surface area contributed by atoms with Crippen molar-refractivity contribution >= 4 is 24.0 Å². The van der Waals surface area contributed by atoms with E-state index in [4.69, 9.17) is 11.6 Å². The standard InChI is InChI=1S/C9H12ClF2N.ClH/c10-3-1-4-13-5-2-8(7-13)6-9(8,11)12;/h1,3H,2,4-7H2;1H/b3-1+;. The topological polar surface area (TPSA) is 3.24 Å². The third kappa shape index (κ3) is 1.90. The van der Waals surface area contributed by atoms with Crippen molar-refractivity contribution in [3.63, 3.8) is 0 Å². The van der Waals surface area contributed by atoms with Crippen LogP contribution >= 0.6 is 24.0 Å². The number of likely N-dealkylation sites (tertiary alicyclic amines) is 1. The van der Waals surface area contributed by atoms with Gasteiger partial charge >= 0.3 is 0 Å². The Morgan fingerprint density at radius 2 is 2.07 bits per heavy atom. The minimum absolute atomic E-state index is 0. The van der Waals surface area contributed by atoms with Crippen LogP contribution in [0.3, 0.4) is 0 Å². The summed E-state index contributed by atoms with van der Waals surface area (Å²) in [6, 6.07) is 0. The second-order valence-electron chi connectivity index (χ2n) is 4.01. The number of hydrogen-bond acceptors (Lipinski definition) is 1. The lowest BCUT2D eigenvalue weighted by Gasteiger charge is -2.12. The average Bonchev–Trinajstić information content (AvgIpc) is 2.46. The fourth-order valence-corrected chi connectivity index (χ4v) is 2.21. The van der Waals surface area contributed by atoms with Gasteiger partial charge in [0.05, 0.1) is 5.41 Å². The third-order valence-corrected chi connectivity index (χ3v) is 3.28. The van der Waals surface area contributed by atoms with E-state index < -0.39 is 11.3 Å². The predicted octanol–water partition coefficient (Wildman–Crippen LogP) is 2.89. The van der Waals surface area contributed by atoms with Crippen molar-refractivity contribution in [2.45, 2.75) is 18.8 Å². The van der Waals surface area contributed by atoms with Gasteiger partial charge in [-0.05, 0) is 13.0 Å². The highest BCUT2D eigenvalue weighted by Gasteiger charge is 2.72. The molecule has 1 heterocycles. The molecule has 82 valence electrons. The normalized spacial score (nSPS) is 35.1. The van der Waals surface area contributed by atoms with Crippen LogP contribution < -0.4 is 0 Å². The zero-order chi connectivity index (χ0) is 9.53. The molecule has 0 N–H and O–H groups in total. The zero-order valence-electron chi connectivity index (χ0n) is 7.68. The third-order valence-electron chi connectivity index (χ3n) is 3.10. The summed E-state index contributed by atoms with van der Waals surface area (Å²) in [5.41, 5.74) is 0.767. The lowest BCUT2D eigenvalue weighted by atomic mass is 10.1. The van der Waals surface area contributed by atoms with Gasteiger partial charge in [-0.2, -0.15) is 0 Å². The van der Waals surface area contributed by atoms with Crippen LogP contribution in [0.5, 0.6) is 0 Å². The molecule has 1 aliphatic heterocycles. The molecule has 1 atom stereocenters. The number of halogens is 4. The Labute approximate surface area is 93.5 Å². The molecule has 1 nitrogen and oxygen atoms in total. The van der Waals surface area contributed by atoms with Crippen molar-refractivity contribution in [3.8, 4) is 0 Å². The molecule has 1 saturated heterocycles. The van der Waals surface area contributed by atoms with Crippen LogP contribution in [0.15, 0.2) is 11.6 Å². The fraction of sp³-hybridized carbons (Fsp3) is 0.778. The van der Waals surface area contributed by atoms with Gasteiger partial charge in [-0.15, -0.1) is 12.4 Å². The van der Waals surface area contributed by atoms with Crippen LogP contribution in [0.1, 0.15) is 12.8 Å². The summed E-state index contributed by atoms with van der Waals surface area (Å²) in [6.07, 6.45) is 2.51. The van der Waals surface area contributed by atoms with Gasteiger partial charge in [0.1, 0.15) is 0 Å². The lowest BCUT2D eigenvalue weighted by molar-refractivity contribution is 0.0668. The average molecular weight is 244 g/mol. The Morgan fingerprint density at radius 3 is 2.50 bits per heavy atom. The maximum absolute atomic E-state index is 12.9. The molecule has 2 aliphatic rings. The molecule has 2 rings (SSSR count). The molecule has 1 unspecified atom stereocenters. The van der Waals surface area contributed by atoms with E-state index in [-0.39, 0.29) is 18.8 Å². The molecule has 5 heteroatoms. The summed E-state index contributed by atoms with van der Waals surface area (Å²) >= 11 is 5.37. The number of alkyl halides is 2. The number of nitrogens with zero attached hydrogens (tertiary/aromatic N) is 1. The Kier molecular flexibility index (Phi) is 3.45. The smallest absolute Gasteiger partial charge is 0.255 e. The summed E-state index contributed by atoms with van der Waals surface area (Å²) in [6.45, 7) is 2.00. The van der Waals surface area contributed by atoms with Crippen molar-refractivity contribution < 1.29 is 8.78 Å². The highest BCUT2D eigenvalue weighted by Crippen LogP contribution is 2.64. The Morgan fingerprint density at radius 1 is 1.43 bits per heavy atom. The second kappa shape index (κ2) is 3.95. The SMILES string of the molecule is Cl.FC1(F)CC12CCN(C/C=C/Cl)C2. The summed E-state index contributed by atoms with van der Waals surface area (Å²) in [5, 5.41) is 0. The minimum Gasteiger partial charge on any atom is -0.299 e. The minimum atomic E-state index is -2.40. The van der Waals surface area contributed by atoms with E-state index in [0.717, 1.165) is 6.54 Å². The first-order valence-corrected chi connectivity index (χ1v) is 4.89. The van der Waals surface area contributed by atoms with E-state index in [1.54, 1.807) is 6.08 Å². The molecule has 0 aromatic carbocycles. The molecule has 0 aromatic heterocycles. The van der Waals surface area contributed by atoms with Crippen LogP contribution in [-0.4, -0.2) is 30.5 Å². The number of hydrogen-bond donors (Lipinski definition) is 0. The first-order chi connectivity index (χ1) is 6.10. The molecule has 14 heavy (non-hydrogen) atoms. The molecular formula is C9H13Cl2F2N. The van der Waals surface area contributed by atoms with Gasteiger partial charge in [-0.3, -0.25) is 4.90 Å². The molecule has 1 saturated carbocycles. The van der Waals surface area contributed by atoms with Crippen LogP contribution in [0.25, 0.3) is 0 Å². The highest BCUT2D eigenvalue weighted by molar-refractivity contribution is 6.25. The maximum Gasteiger partial charge on any atom is 0.255 e. The quantitative estimate of drug-likeness (QED) is 0.721. The molecule has 0 amide bonds. The summed E-state index contributed by atoms with van der Waals surface area (Å²) in [7, 11) is 0. The number of rotatable bonds is 2. The van der Waals surface area contributed by atoms with Crippen molar-refractivity contribution in [3.05, 3.63) is 11.6 Å². The van der Waals surface area contributed by atoms with Gasteiger partial charge in [0.15, 0.2) is 0 Å².